The molecule has 10 nitrogen and oxygen atoms in total. The summed E-state index contributed by atoms with van der Waals surface area (Å²) in [5, 5.41) is 19.2. The lowest BCUT2D eigenvalue weighted by atomic mass is 9.99. The van der Waals surface area contributed by atoms with Crippen molar-refractivity contribution in [2.45, 2.75) is 50.0 Å². The van der Waals surface area contributed by atoms with Gasteiger partial charge in [0.05, 0.1) is 0 Å². The highest BCUT2D eigenvalue weighted by Gasteiger charge is 2.78. The number of rotatable bonds is 10. The van der Waals surface area contributed by atoms with Gasteiger partial charge in [0.2, 0.25) is 0 Å². The van der Waals surface area contributed by atoms with Gasteiger partial charge in [0.15, 0.2) is 0 Å². The predicted molar refractivity (Wildman–Crippen MR) is 49.5 cm³/mol. The van der Waals surface area contributed by atoms with Crippen LogP contribution in [0.2, 0.25) is 0 Å². The molecule has 0 spiro atoms. The fourth-order valence-electron chi connectivity index (χ4n) is 1.69. The molecule has 110 valence electrons. The molecule has 19 heavy (non-hydrogen) atoms. The average molecular weight is 282 g/mol. The van der Waals surface area contributed by atoms with Crippen LogP contribution in [0.1, 0.15) is 25.7 Å². The van der Waals surface area contributed by atoms with E-state index in [1.165, 1.54) is 0 Å². The fourth-order valence-corrected chi connectivity index (χ4v) is 1.69. The zero-order valence-electron chi connectivity index (χ0n) is 9.85. The molecule has 2 N–H and O–H groups in total. The second-order valence-electron chi connectivity index (χ2n) is 4.34. The van der Waals surface area contributed by atoms with E-state index >= 15 is 0 Å². The molecule has 10 heteroatoms. The number of hydrogen-bond donors (Lipinski definition) is 2. The standard InChI is InChI=1S/C9H14O10/c10-5-3-1-2-4-8(11,17-16-7-14-15-7)9(18-19-9)6-12-13-6/h6-7,10-11H,1-5H2. The molecule has 0 aromatic carbocycles. The summed E-state index contributed by atoms with van der Waals surface area (Å²) < 4.78 is 0. The zero-order valence-corrected chi connectivity index (χ0v) is 9.85. The Morgan fingerprint density at radius 1 is 1.05 bits per heavy atom. The second-order valence-corrected chi connectivity index (χ2v) is 4.34. The van der Waals surface area contributed by atoms with Gasteiger partial charge in [-0.25, -0.2) is 0 Å². The number of hydrogen-bond acceptors (Lipinski definition) is 10. The first-order valence-electron chi connectivity index (χ1n) is 5.89. The van der Waals surface area contributed by atoms with Crippen molar-refractivity contribution in [3.63, 3.8) is 0 Å². The zero-order chi connectivity index (χ0) is 13.3. The van der Waals surface area contributed by atoms with Gasteiger partial charge in [-0.2, -0.15) is 39.1 Å². The predicted octanol–water partition coefficient (Wildman–Crippen LogP) is -0.633. The monoisotopic (exact) mass is 282 g/mol. The molecule has 3 aliphatic heterocycles. The first kappa shape index (κ1) is 13.6. The SMILES string of the molecule is OCCCCCC(O)(OOC1OO1)C1(C2OO2)OO1. The van der Waals surface area contributed by atoms with Gasteiger partial charge in [0.25, 0.3) is 12.1 Å². The molecule has 1 unspecified atom stereocenters. The molecule has 3 heterocycles. The van der Waals surface area contributed by atoms with Crippen LogP contribution in [0.5, 0.6) is 0 Å². The van der Waals surface area contributed by atoms with E-state index in [1.54, 1.807) is 0 Å². The first-order chi connectivity index (χ1) is 9.20. The summed E-state index contributed by atoms with van der Waals surface area (Å²) in [4.78, 5) is 36.9. The van der Waals surface area contributed by atoms with Crippen molar-refractivity contribution >= 4 is 0 Å². The van der Waals surface area contributed by atoms with E-state index in [1.807, 2.05) is 0 Å². The molecule has 3 aliphatic rings. The van der Waals surface area contributed by atoms with E-state index in [2.05, 4.69) is 24.4 Å². The molecular weight excluding hydrogens is 268 g/mol. The van der Waals surface area contributed by atoms with Crippen molar-refractivity contribution in [3.8, 4) is 0 Å². The quantitative estimate of drug-likeness (QED) is 0.175. The van der Waals surface area contributed by atoms with Crippen LogP contribution >= 0.6 is 0 Å². The average Bonchev–Trinajstić information content (AvgIpc) is 3.28. The van der Waals surface area contributed by atoms with Crippen molar-refractivity contribution in [1.82, 2.24) is 0 Å². The topological polar surface area (TPSA) is 134 Å². The van der Waals surface area contributed by atoms with Crippen molar-refractivity contribution in [1.29, 1.82) is 0 Å². The summed E-state index contributed by atoms with van der Waals surface area (Å²) in [6, 6.07) is 0. The molecule has 0 aromatic heterocycles. The van der Waals surface area contributed by atoms with E-state index in [0.29, 0.717) is 19.3 Å². The molecule has 0 saturated carbocycles. The van der Waals surface area contributed by atoms with Gasteiger partial charge < -0.3 is 10.2 Å². The summed E-state index contributed by atoms with van der Waals surface area (Å²) in [6.07, 6.45) is 1.05. The third-order valence-electron chi connectivity index (χ3n) is 2.92. The third-order valence-corrected chi connectivity index (χ3v) is 2.92. The Hall–Kier alpha value is -0.400. The van der Waals surface area contributed by atoms with E-state index in [-0.39, 0.29) is 13.0 Å². The van der Waals surface area contributed by atoms with Gasteiger partial charge in [-0.15, -0.1) is 0 Å². The molecular formula is C9H14O10. The Kier molecular flexibility index (Phi) is 3.70. The van der Waals surface area contributed by atoms with Crippen LogP contribution in [0.4, 0.5) is 0 Å². The number of unbranched alkanes of at least 4 members (excludes halogenated alkanes) is 2. The lowest BCUT2D eigenvalue weighted by molar-refractivity contribution is -0.458. The maximum absolute atomic E-state index is 10.5. The fraction of sp³-hybridized carbons (Fsp3) is 1.00. The van der Waals surface area contributed by atoms with Crippen molar-refractivity contribution in [3.05, 3.63) is 0 Å². The Morgan fingerprint density at radius 2 is 1.79 bits per heavy atom. The Balaban J connectivity index is 1.56. The summed E-state index contributed by atoms with van der Waals surface area (Å²) in [5.41, 5.74) is 0. The van der Waals surface area contributed by atoms with E-state index in [0.717, 1.165) is 0 Å². The highest BCUT2D eigenvalue weighted by molar-refractivity contribution is 4.95. The van der Waals surface area contributed by atoms with Crippen molar-refractivity contribution in [2.75, 3.05) is 6.61 Å². The Bertz CT molecular complexity index is 312. The van der Waals surface area contributed by atoms with E-state index in [9.17, 15) is 5.11 Å². The van der Waals surface area contributed by atoms with Crippen LogP contribution in [0.15, 0.2) is 0 Å². The van der Waals surface area contributed by atoms with Crippen LogP contribution in [-0.2, 0) is 39.1 Å². The van der Waals surface area contributed by atoms with Gasteiger partial charge in [-0.1, -0.05) is 6.42 Å². The largest absolute Gasteiger partial charge is 0.396 e. The molecule has 3 rings (SSSR count). The number of aliphatic hydroxyl groups is 2. The summed E-state index contributed by atoms with van der Waals surface area (Å²) in [6.45, 7) is -0.909. The first-order valence-corrected chi connectivity index (χ1v) is 5.89. The minimum atomic E-state index is -1.95. The maximum Gasteiger partial charge on any atom is 0.356 e. The second kappa shape index (κ2) is 5.18. The van der Waals surface area contributed by atoms with Gasteiger partial charge in [-0.05, 0) is 12.8 Å². The molecule has 0 aromatic rings. The summed E-state index contributed by atoms with van der Waals surface area (Å²) >= 11 is 0. The molecule has 3 saturated heterocycles. The highest BCUT2D eigenvalue weighted by atomic mass is 17.5. The van der Waals surface area contributed by atoms with E-state index < -0.39 is 24.3 Å². The maximum atomic E-state index is 10.5. The molecule has 0 amide bonds. The van der Waals surface area contributed by atoms with Gasteiger partial charge >= 0.3 is 12.3 Å². The molecule has 3 fully saturated rings. The third kappa shape index (κ3) is 2.87. The molecule has 0 radical (unpaired) electrons. The lowest BCUT2D eigenvalue weighted by Gasteiger charge is -2.26. The summed E-state index contributed by atoms with van der Waals surface area (Å²) in [5.74, 6) is -3.53. The van der Waals surface area contributed by atoms with Crippen molar-refractivity contribution in [2.24, 2.45) is 0 Å². The minimum Gasteiger partial charge on any atom is -0.396 e. The molecule has 0 aliphatic carbocycles. The van der Waals surface area contributed by atoms with Crippen LogP contribution in [0.25, 0.3) is 0 Å². The van der Waals surface area contributed by atoms with Crippen molar-refractivity contribution < 1.29 is 49.3 Å². The Labute approximate surface area is 107 Å². The normalized spacial score (nSPS) is 28.1. The van der Waals surface area contributed by atoms with Gasteiger partial charge in [0, 0.05) is 13.0 Å². The van der Waals surface area contributed by atoms with Crippen LogP contribution < -0.4 is 0 Å². The minimum absolute atomic E-state index is 0.0759. The summed E-state index contributed by atoms with van der Waals surface area (Å²) in [7, 11) is 0. The van der Waals surface area contributed by atoms with Crippen LogP contribution in [0, 0.1) is 0 Å². The highest BCUT2D eigenvalue weighted by Crippen LogP contribution is 2.52. The molecule has 1 atom stereocenters. The lowest BCUT2D eigenvalue weighted by Crippen LogP contribution is -2.51. The van der Waals surface area contributed by atoms with Gasteiger partial charge in [-0.3, -0.25) is 0 Å². The number of aliphatic hydroxyl groups excluding tert-OH is 1. The smallest absolute Gasteiger partial charge is 0.356 e. The Morgan fingerprint density at radius 3 is 2.32 bits per heavy atom. The van der Waals surface area contributed by atoms with Gasteiger partial charge in [0.1, 0.15) is 0 Å². The molecule has 0 bridgehead atoms. The van der Waals surface area contributed by atoms with Crippen LogP contribution in [-0.4, -0.2) is 41.2 Å². The van der Waals surface area contributed by atoms with E-state index in [4.69, 9.17) is 19.8 Å². The van der Waals surface area contributed by atoms with Crippen LogP contribution in [0.3, 0.4) is 0 Å².